The molecule has 2 rings (SSSR count). The minimum atomic E-state index is -0.214. The zero-order valence-electron chi connectivity index (χ0n) is 14.5. The topological polar surface area (TPSA) is 23.8 Å². The van der Waals surface area contributed by atoms with E-state index in [9.17, 15) is 4.39 Å². The highest BCUT2D eigenvalue weighted by Crippen LogP contribution is 2.34. The van der Waals surface area contributed by atoms with Gasteiger partial charge in [0.15, 0.2) is 0 Å². The maximum absolute atomic E-state index is 13.9. The minimum absolute atomic E-state index is 0.214. The molecule has 0 aromatic heterocycles. The molecule has 23 heavy (non-hydrogen) atoms. The smallest absolute Gasteiger partial charge is 0.127 e. The normalized spacial score (nSPS) is 21.1. The molecule has 0 saturated heterocycles. The molecule has 1 fully saturated rings. The van der Waals surface area contributed by atoms with Crippen LogP contribution in [0.5, 0.6) is 0 Å². The summed E-state index contributed by atoms with van der Waals surface area (Å²) in [4.78, 5) is 0. The van der Waals surface area contributed by atoms with E-state index in [0.29, 0.717) is 5.56 Å². The zero-order chi connectivity index (χ0) is 16.5. The van der Waals surface area contributed by atoms with Gasteiger partial charge in [-0.1, -0.05) is 70.8 Å². The van der Waals surface area contributed by atoms with Gasteiger partial charge in [-0.25, -0.2) is 4.39 Å². The molecule has 1 aromatic carbocycles. The molecule has 0 amide bonds. The molecule has 1 saturated carbocycles. The summed E-state index contributed by atoms with van der Waals surface area (Å²) in [6.07, 6.45) is 14.2. The van der Waals surface area contributed by atoms with Gasteiger partial charge in [-0.3, -0.25) is 0 Å². The molecule has 1 aromatic rings. The third-order valence-electron chi connectivity index (χ3n) is 5.44. The van der Waals surface area contributed by atoms with Crippen molar-refractivity contribution in [1.82, 2.24) is 0 Å². The summed E-state index contributed by atoms with van der Waals surface area (Å²) in [5.41, 5.74) is 1.18. The predicted molar refractivity (Wildman–Crippen MR) is 93.6 cm³/mol. The highest BCUT2D eigenvalue weighted by Gasteiger charge is 2.21. The van der Waals surface area contributed by atoms with Crippen LogP contribution in [-0.2, 0) is 6.42 Å². The van der Waals surface area contributed by atoms with Crippen molar-refractivity contribution in [2.24, 2.45) is 11.8 Å². The minimum Gasteiger partial charge on any atom is -0.207 e. The lowest BCUT2D eigenvalue weighted by atomic mass is 9.77. The Morgan fingerprint density at radius 3 is 2.35 bits per heavy atom. The van der Waals surface area contributed by atoms with Gasteiger partial charge >= 0.3 is 0 Å². The van der Waals surface area contributed by atoms with Crippen molar-refractivity contribution >= 4 is 0 Å². The van der Waals surface area contributed by atoms with E-state index >= 15 is 0 Å². The molecule has 0 unspecified atom stereocenters. The molecule has 2 heteroatoms. The first-order valence-electron chi connectivity index (χ1n) is 9.41. The molecule has 0 bridgehead atoms. The predicted octanol–water partition coefficient (Wildman–Crippen LogP) is 6.41. The highest BCUT2D eigenvalue weighted by molar-refractivity contribution is 5.32. The molecular weight excluding hydrogens is 285 g/mol. The molecule has 1 aliphatic rings. The van der Waals surface area contributed by atoms with Crippen molar-refractivity contribution < 1.29 is 4.39 Å². The van der Waals surface area contributed by atoms with Gasteiger partial charge in [-0.2, -0.15) is 5.26 Å². The first-order valence-corrected chi connectivity index (χ1v) is 9.41. The standard InChI is InChI=1S/C21H30FN/c1-2-3-4-5-6-17-7-9-18(10-8-17)11-13-20-14-12-19(16-23)15-21(20)22/h12,14-15,17-18H,2-11,13H2,1H3. The van der Waals surface area contributed by atoms with Gasteiger partial charge in [0.05, 0.1) is 11.6 Å². The lowest BCUT2D eigenvalue weighted by Crippen LogP contribution is -2.15. The Morgan fingerprint density at radius 1 is 1.04 bits per heavy atom. The van der Waals surface area contributed by atoms with Crippen molar-refractivity contribution in [3.05, 3.63) is 35.1 Å². The molecule has 0 spiro atoms. The van der Waals surface area contributed by atoms with Gasteiger partial charge in [-0.05, 0) is 42.4 Å². The van der Waals surface area contributed by atoms with Gasteiger partial charge in [0.1, 0.15) is 5.82 Å². The summed E-state index contributed by atoms with van der Waals surface area (Å²) in [5.74, 6) is 1.49. The quantitative estimate of drug-likeness (QED) is 0.509. The fraction of sp³-hybridized carbons (Fsp3) is 0.667. The van der Waals surface area contributed by atoms with E-state index in [1.165, 1.54) is 63.9 Å². The Balaban J connectivity index is 1.68. The van der Waals surface area contributed by atoms with Crippen LogP contribution in [-0.4, -0.2) is 0 Å². The molecule has 0 N–H and O–H groups in total. The number of nitrogens with zero attached hydrogens (tertiary/aromatic N) is 1. The fourth-order valence-corrected chi connectivity index (χ4v) is 3.85. The van der Waals surface area contributed by atoms with Gasteiger partial charge in [0.25, 0.3) is 0 Å². The maximum atomic E-state index is 13.9. The average molecular weight is 315 g/mol. The molecule has 0 radical (unpaired) electrons. The second-order valence-corrected chi connectivity index (χ2v) is 7.19. The number of halogens is 1. The first-order chi connectivity index (χ1) is 11.2. The Hall–Kier alpha value is -1.36. The largest absolute Gasteiger partial charge is 0.207 e. The Morgan fingerprint density at radius 2 is 1.74 bits per heavy atom. The first kappa shape index (κ1) is 18.0. The molecule has 0 atom stereocenters. The van der Waals surface area contributed by atoms with Gasteiger partial charge in [-0.15, -0.1) is 0 Å². The fourth-order valence-electron chi connectivity index (χ4n) is 3.85. The van der Waals surface area contributed by atoms with Crippen molar-refractivity contribution in [2.75, 3.05) is 0 Å². The number of benzene rings is 1. The summed E-state index contributed by atoms with van der Waals surface area (Å²) in [5, 5.41) is 8.79. The van der Waals surface area contributed by atoms with Crippen molar-refractivity contribution in [2.45, 2.75) is 77.6 Å². The van der Waals surface area contributed by atoms with Crippen molar-refractivity contribution in [3.8, 4) is 6.07 Å². The van der Waals surface area contributed by atoms with Crippen molar-refractivity contribution in [1.29, 1.82) is 5.26 Å². The van der Waals surface area contributed by atoms with Crippen LogP contribution in [0.25, 0.3) is 0 Å². The van der Waals surface area contributed by atoms with E-state index in [1.807, 2.05) is 6.07 Å². The number of unbranched alkanes of at least 4 members (excludes halogenated alkanes) is 3. The second-order valence-electron chi connectivity index (χ2n) is 7.19. The third-order valence-corrected chi connectivity index (χ3v) is 5.44. The zero-order valence-corrected chi connectivity index (χ0v) is 14.5. The summed E-state index contributed by atoms with van der Waals surface area (Å²) >= 11 is 0. The Kier molecular flexibility index (Phi) is 7.59. The Bertz CT molecular complexity index is 509. The van der Waals surface area contributed by atoms with Crippen LogP contribution in [0.15, 0.2) is 18.2 Å². The molecule has 0 aliphatic heterocycles. The van der Waals surface area contributed by atoms with Crippen LogP contribution in [0.1, 0.15) is 82.3 Å². The Labute approximate surface area is 140 Å². The van der Waals surface area contributed by atoms with Crippen LogP contribution < -0.4 is 0 Å². The number of hydrogen-bond acceptors (Lipinski definition) is 1. The summed E-state index contributed by atoms with van der Waals surface area (Å²) in [6.45, 7) is 2.27. The van der Waals surface area contributed by atoms with E-state index in [1.54, 1.807) is 12.1 Å². The summed E-state index contributed by atoms with van der Waals surface area (Å²) in [7, 11) is 0. The molecule has 1 nitrogen and oxygen atoms in total. The van der Waals surface area contributed by atoms with E-state index < -0.39 is 0 Å². The monoisotopic (exact) mass is 315 g/mol. The third kappa shape index (κ3) is 5.98. The second kappa shape index (κ2) is 9.71. The van der Waals surface area contributed by atoms with E-state index in [4.69, 9.17) is 5.26 Å². The highest BCUT2D eigenvalue weighted by atomic mass is 19.1. The van der Waals surface area contributed by atoms with E-state index in [2.05, 4.69) is 6.92 Å². The molecule has 0 heterocycles. The number of hydrogen-bond donors (Lipinski definition) is 0. The molecular formula is C21H30FN. The van der Waals surface area contributed by atoms with Crippen LogP contribution in [0.4, 0.5) is 4.39 Å². The number of nitriles is 1. The lowest BCUT2D eigenvalue weighted by molar-refractivity contribution is 0.248. The van der Waals surface area contributed by atoms with Crippen LogP contribution >= 0.6 is 0 Å². The lowest BCUT2D eigenvalue weighted by Gasteiger charge is -2.28. The SMILES string of the molecule is CCCCCCC1CCC(CCc2ccc(C#N)cc2F)CC1. The van der Waals surface area contributed by atoms with E-state index in [0.717, 1.165) is 30.2 Å². The number of rotatable bonds is 8. The van der Waals surface area contributed by atoms with Gasteiger partial charge in [0, 0.05) is 0 Å². The van der Waals surface area contributed by atoms with Crippen molar-refractivity contribution in [3.63, 3.8) is 0 Å². The van der Waals surface area contributed by atoms with E-state index in [-0.39, 0.29) is 5.82 Å². The molecule has 126 valence electrons. The van der Waals surface area contributed by atoms with Gasteiger partial charge < -0.3 is 0 Å². The van der Waals surface area contributed by atoms with Gasteiger partial charge in [0.2, 0.25) is 0 Å². The van der Waals surface area contributed by atoms with Crippen LogP contribution in [0.2, 0.25) is 0 Å². The maximum Gasteiger partial charge on any atom is 0.127 e. The molecule has 1 aliphatic carbocycles. The number of aryl methyl sites for hydroxylation is 1. The summed E-state index contributed by atoms with van der Waals surface area (Å²) in [6, 6.07) is 6.87. The summed E-state index contributed by atoms with van der Waals surface area (Å²) < 4.78 is 13.9. The average Bonchev–Trinajstić information content (AvgIpc) is 2.58. The van der Waals surface area contributed by atoms with Crippen LogP contribution in [0, 0.1) is 29.0 Å². The van der Waals surface area contributed by atoms with Crippen LogP contribution in [0.3, 0.4) is 0 Å².